The average Bonchev–Trinajstić information content (AvgIpc) is 2.96. The minimum Gasteiger partial charge on any atom is -0.465 e. The summed E-state index contributed by atoms with van der Waals surface area (Å²) >= 11 is 4.71. The number of anilines is 2. The van der Waals surface area contributed by atoms with Gasteiger partial charge in [0.15, 0.2) is 9.84 Å². The Kier molecular flexibility index (Phi) is 6.02. The normalized spacial score (nSPS) is 12.7. The number of sulfone groups is 1. The van der Waals surface area contributed by atoms with E-state index >= 15 is 0 Å². The summed E-state index contributed by atoms with van der Waals surface area (Å²) in [7, 11) is -2.67. The van der Waals surface area contributed by atoms with Gasteiger partial charge in [0.05, 0.1) is 23.3 Å². The fraction of sp³-hybridized carbons (Fsp3) is 0.167. The molecule has 1 unspecified atom stereocenters. The molecular weight excluding hydrogens is 458 g/mol. The number of nitrogens with zero attached hydrogens (tertiary/aromatic N) is 1. The van der Waals surface area contributed by atoms with Gasteiger partial charge in [0.2, 0.25) is 0 Å². The molecule has 3 aromatic rings. The Morgan fingerprint density at radius 1 is 1.24 bits per heavy atom. The van der Waals surface area contributed by atoms with E-state index in [2.05, 4.69) is 4.74 Å². The standard InChI is InChI=1S/C18H16ClNO6S3/c1-10-13-9-12(19)5-7-15(13)27-17(10)20(28(22)23)14-6-4-11(18(21)26-2)8-16(14)29(3,24)25/h4-9H,1-3H3,(H,22,23). The van der Waals surface area contributed by atoms with Crippen LogP contribution in [-0.4, -0.2) is 36.5 Å². The predicted molar refractivity (Wildman–Crippen MR) is 115 cm³/mol. The summed E-state index contributed by atoms with van der Waals surface area (Å²) < 4.78 is 53.6. The topological polar surface area (TPSA) is 101 Å². The Balaban J connectivity index is 2.30. The van der Waals surface area contributed by atoms with Gasteiger partial charge in [-0.25, -0.2) is 21.7 Å². The quantitative estimate of drug-likeness (QED) is 0.437. The molecule has 7 nitrogen and oxygen atoms in total. The van der Waals surface area contributed by atoms with E-state index in [9.17, 15) is 22.0 Å². The molecular formula is C18H16ClNO6S3. The van der Waals surface area contributed by atoms with Gasteiger partial charge in [0, 0.05) is 16.0 Å². The predicted octanol–water partition coefficient (Wildman–Crippen LogP) is 4.33. The van der Waals surface area contributed by atoms with Crippen LogP contribution in [0.5, 0.6) is 0 Å². The summed E-state index contributed by atoms with van der Waals surface area (Å²) in [5.41, 5.74) is 0.660. The molecule has 0 bridgehead atoms. The summed E-state index contributed by atoms with van der Waals surface area (Å²) in [6.07, 6.45) is 0.961. The van der Waals surface area contributed by atoms with Gasteiger partial charge in [-0.15, -0.1) is 11.3 Å². The molecule has 11 heteroatoms. The number of hydrogen-bond donors (Lipinski definition) is 1. The molecule has 0 saturated carbocycles. The second kappa shape index (κ2) is 8.04. The molecule has 0 aliphatic carbocycles. The number of hydrogen-bond acceptors (Lipinski definition) is 6. The van der Waals surface area contributed by atoms with Crippen molar-refractivity contribution in [2.75, 3.05) is 17.7 Å². The van der Waals surface area contributed by atoms with Crippen molar-refractivity contribution in [1.29, 1.82) is 0 Å². The van der Waals surface area contributed by atoms with Gasteiger partial charge in [0.1, 0.15) is 5.00 Å². The van der Waals surface area contributed by atoms with Crippen molar-refractivity contribution in [1.82, 2.24) is 0 Å². The first-order valence-corrected chi connectivity index (χ1v) is 12.2. The van der Waals surface area contributed by atoms with Crippen LogP contribution in [0.4, 0.5) is 10.7 Å². The Morgan fingerprint density at radius 3 is 2.52 bits per heavy atom. The third-order valence-electron chi connectivity index (χ3n) is 4.21. The van der Waals surface area contributed by atoms with Gasteiger partial charge in [-0.1, -0.05) is 11.6 Å². The highest BCUT2D eigenvalue weighted by molar-refractivity contribution is 7.91. The van der Waals surface area contributed by atoms with Crippen molar-refractivity contribution in [2.24, 2.45) is 0 Å². The van der Waals surface area contributed by atoms with E-state index in [-0.39, 0.29) is 16.1 Å². The fourth-order valence-corrected chi connectivity index (χ4v) is 5.99. The number of rotatable bonds is 5. The molecule has 29 heavy (non-hydrogen) atoms. The maximum absolute atomic E-state index is 12.4. The minimum absolute atomic E-state index is 0.0141. The van der Waals surface area contributed by atoms with Crippen LogP contribution >= 0.6 is 22.9 Å². The SMILES string of the molecule is COC(=O)c1ccc(N(c2sc3ccc(Cl)cc3c2C)S(=O)O)c(S(C)(=O)=O)c1. The van der Waals surface area contributed by atoms with Gasteiger partial charge < -0.3 is 4.74 Å². The largest absolute Gasteiger partial charge is 0.465 e. The first kappa shape index (κ1) is 21.7. The number of halogens is 1. The Labute approximate surface area is 179 Å². The average molecular weight is 474 g/mol. The van der Waals surface area contributed by atoms with E-state index in [1.54, 1.807) is 25.1 Å². The van der Waals surface area contributed by atoms with Gasteiger partial charge in [-0.05, 0) is 54.3 Å². The van der Waals surface area contributed by atoms with Gasteiger partial charge in [-0.2, -0.15) is 0 Å². The Hall–Kier alpha value is -1.98. The summed E-state index contributed by atoms with van der Waals surface area (Å²) in [4.78, 5) is 11.6. The molecule has 0 saturated heterocycles. The van der Waals surface area contributed by atoms with E-state index in [1.807, 2.05) is 0 Å². The Bertz CT molecular complexity index is 1250. The zero-order valence-electron chi connectivity index (χ0n) is 15.5. The van der Waals surface area contributed by atoms with Crippen molar-refractivity contribution < 1.29 is 26.7 Å². The molecule has 154 valence electrons. The van der Waals surface area contributed by atoms with E-state index in [0.29, 0.717) is 15.6 Å². The molecule has 0 radical (unpaired) electrons. The molecule has 1 atom stereocenters. The first-order chi connectivity index (χ1) is 13.5. The number of ether oxygens (including phenoxy) is 1. The van der Waals surface area contributed by atoms with Crippen LogP contribution in [0.25, 0.3) is 10.1 Å². The number of fused-ring (bicyclic) bond motifs is 1. The minimum atomic E-state index is -3.85. The number of aryl methyl sites for hydroxylation is 1. The maximum atomic E-state index is 12.4. The second-order valence-electron chi connectivity index (χ2n) is 6.14. The number of benzene rings is 2. The second-order valence-corrected chi connectivity index (χ2v) is 10.4. The highest BCUT2D eigenvalue weighted by Gasteiger charge is 2.28. The number of methoxy groups -OCH3 is 1. The monoisotopic (exact) mass is 473 g/mol. The fourth-order valence-electron chi connectivity index (χ4n) is 2.86. The third kappa shape index (κ3) is 4.17. The lowest BCUT2D eigenvalue weighted by Gasteiger charge is -2.22. The molecule has 0 aliphatic rings. The lowest BCUT2D eigenvalue weighted by molar-refractivity contribution is 0.0600. The lowest BCUT2D eigenvalue weighted by atomic mass is 10.1. The molecule has 0 aliphatic heterocycles. The molecule has 1 heterocycles. The van der Waals surface area contributed by atoms with Crippen LogP contribution in [0.15, 0.2) is 41.3 Å². The number of carbonyl (C=O) groups excluding carboxylic acids is 1. The van der Waals surface area contributed by atoms with Gasteiger partial charge in [0.25, 0.3) is 11.3 Å². The molecule has 1 aromatic heterocycles. The molecule has 2 aromatic carbocycles. The number of esters is 1. The summed E-state index contributed by atoms with van der Waals surface area (Å²) in [5, 5.41) is 1.69. The molecule has 1 N–H and O–H groups in total. The van der Waals surface area contributed by atoms with Crippen LogP contribution in [0.1, 0.15) is 15.9 Å². The maximum Gasteiger partial charge on any atom is 0.337 e. The zero-order chi connectivity index (χ0) is 21.5. The number of carbonyl (C=O) groups is 1. The van der Waals surface area contributed by atoms with E-state index in [4.69, 9.17) is 11.6 Å². The van der Waals surface area contributed by atoms with Crippen molar-refractivity contribution in [2.45, 2.75) is 11.8 Å². The van der Waals surface area contributed by atoms with Crippen molar-refractivity contribution in [3.8, 4) is 0 Å². The molecule has 0 spiro atoms. The summed E-state index contributed by atoms with van der Waals surface area (Å²) in [5.74, 6) is -0.717. The number of thiophene rings is 1. The van der Waals surface area contributed by atoms with E-state index < -0.39 is 27.1 Å². The van der Waals surface area contributed by atoms with E-state index in [0.717, 1.165) is 26.7 Å². The van der Waals surface area contributed by atoms with Crippen LogP contribution < -0.4 is 4.31 Å². The van der Waals surface area contributed by atoms with Crippen LogP contribution in [0.3, 0.4) is 0 Å². The summed E-state index contributed by atoms with van der Waals surface area (Å²) in [6.45, 7) is 1.76. The van der Waals surface area contributed by atoms with Crippen LogP contribution in [-0.2, 0) is 25.8 Å². The van der Waals surface area contributed by atoms with Crippen molar-refractivity contribution in [3.05, 3.63) is 52.5 Å². The summed E-state index contributed by atoms with van der Waals surface area (Å²) in [6, 6.07) is 9.02. The lowest BCUT2D eigenvalue weighted by Crippen LogP contribution is -2.21. The molecule has 3 rings (SSSR count). The van der Waals surface area contributed by atoms with Gasteiger partial charge in [-0.3, -0.25) is 4.55 Å². The first-order valence-electron chi connectivity index (χ1n) is 8.06. The van der Waals surface area contributed by atoms with Crippen LogP contribution in [0.2, 0.25) is 5.02 Å². The zero-order valence-corrected chi connectivity index (χ0v) is 18.7. The van der Waals surface area contributed by atoms with E-state index in [1.165, 1.54) is 30.6 Å². The smallest absolute Gasteiger partial charge is 0.337 e. The third-order valence-corrected chi connectivity index (χ3v) is 7.64. The van der Waals surface area contributed by atoms with Crippen molar-refractivity contribution >= 4 is 70.8 Å². The van der Waals surface area contributed by atoms with Crippen molar-refractivity contribution in [3.63, 3.8) is 0 Å². The Morgan fingerprint density at radius 2 is 1.93 bits per heavy atom. The highest BCUT2D eigenvalue weighted by Crippen LogP contribution is 2.43. The van der Waals surface area contributed by atoms with Crippen LogP contribution in [0, 0.1) is 6.92 Å². The van der Waals surface area contributed by atoms with Gasteiger partial charge >= 0.3 is 5.97 Å². The molecule has 0 fully saturated rings. The molecule has 0 amide bonds. The highest BCUT2D eigenvalue weighted by atomic mass is 35.5.